The Hall–Kier alpha value is -5.12. The number of aromatic amines is 1. The van der Waals surface area contributed by atoms with Gasteiger partial charge in [-0.15, -0.1) is 9.38 Å². The molecule has 3 N–H and O–H groups in total. The van der Waals surface area contributed by atoms with E-state index in [0.29, 0.717) is 17.2 Å². The first kappa shape index (κ1) is 22.4. The molecule has 0 bridgehead atoms. The van der Waals surface area contributed by atoms with E-state index in [2.05, 4.69) is 20.2 Å². The van der Waals surface area contributed by atoms with Crippen molar-refractivity contribution in [3.05, 3.63) is 107 Å². The number of benzene rings is 1. The van der Waals surface area contributed by atoms with Crippen LogP contribution in [0.15, 0.2) is 84.0 Å². The third kappa shape index (κ3) is 3.94. The number of aromatic nitrogens is 8. The molecule has 0 aliphatic heterocycles. The Morgan fingerprint density at radius 2 is 1.73 bits per heavy atom. The number of nitrogen functional groups attached to an aromatic ring is 1. The standard InChI is InChI=1S/C27H23N9O/c1-17-14-21(15-18(2)31-17)22-23(19-8-4-3-5-9-19)32-26(28)36-25(22)33-35(27(36)37)16-20-10-6-11-29-24(20)34-13-7-12-30-34/h3-15H,16H2,1-2H3,(H2,28,31,32,33)/p+1. The van der Waals surface area contributed by atoms with Crippen LogP contribution in [0, 0.1) is 13.8 Å². The van der Waals surface area contributed by atoms with Crippen molar-refractivity contribution < 1.29 is 4.40 Å². The molecule has 182 valence electrons. The van der Waals surface area contributed by atoms with Crippen LogP contribution in [0.3, 0.4) is 0 Å². The minimum atomic E-state index is -0.335. The molecule has 0 saturated carbocycles. The fraction of sp³-hybridized carbons (Fsp3) is 0.111. The maximum Gasteiger partial charge on any atom is 0.428 e. The van der Waals surface area contributed by atoms with Crippen molar-refractivity contribution >= 4 is 11.6 Å². The molecule has 0 unspecified atom stereocenters. The predicted molar refractivity (Wildman–Crippen MR) is 139 cm³/mol. The summed E-state index contributed by atoms with van der Waals surface area (Å²) in [5.41, 5.74) is 12.4. The van der Waals surface area contributed by atoms with Gasteiger partial charge in [-0.2, -0.15) is 9.78 Å². The number of hydrogen-bond acceptors (Lipinski definition) is 6. The van der Waals surface area contributed by atoms with Gasteiger partial charge in [0.15, 0.2) is 5.82 Å². The third-order valence-corrected chi connectivity index (χ3v) is 6.15. The smallest absolute Gasteiger partial charge is 0.319 e. The molecule has 6 aromatic rings. The molecule has 0 amide bonds. The van der Waals surface area contributed by atoms with Gasteiger partial charge in [-0.25, -0.2) is 19.6 Å². The summed E-state index contributed by atoms with van der Waals surface area (Å²) < 4.78 is 4.60. The Bertz CT molecular complexity index is 1780. The number of hydrogen-bond donors (Lipinski definition) is 2. The molecular formula is C27H24N9O+. The SMILES string of the molecule is Cc1cc(-c2c(-c3ccccc3)nc(N)[n+]3c(=O)n(Cc4cccnc4-n4cccn4)[nH]c23)cc(C)n1. The van der Waals surface area contributed by atoms with Gasteiger partial charge in [-0.3, -0.25) is 4.98 Å². The first-order valence-corrected chi connectivity index (χ1v) is 11.8. The van der Waals surface area contributed by atoms with Gasteiger partial charge in [0.25, 0.3) is 0 Å². The van der Waals surface area contributed by atoms with E-state index in [-0.39, 0.29) is 18.2 Å². The highest BCUT2D eigenvalue weighted by Crippen LogP contribution is 2.33. The number of anilines is 1. The number of H-pyrrole nitrogens is 1. The summed E-state index contributed by atoms with van der Waals surface area (Å²) >= 11 is 0. The number of fused-ring (bicyclic) bond motifs is 1. The summed E-state index contributed by atoms with van der Waals surface area (Å²) in [4.78, 5) is 27.3. The summed E-state index contributed by atoms with van der Waals surface area (Å²) in [7, 11) is 0. The molecule has 5 heterocycles. The lowest BCUT2D eigenvalue weighted by Crippen LogP contribution is -2.44. The van der Waals surface area contributed by atoms with Gasteiger partial charge in [0.1, 0.15) is 12.2 Å². The second-order valence-corrected chi connectivity index (χ2v) is 8.80. The van der Waals surface area contributed by atoms with Gasteiger partial charge in [0.2, 0.25) is 5.65 Å². The molecule has 6 rings (SSSR count). The van der Waals surface area contributed by atoms with Crippen LogP contribution >= 0.6 is 0 Å². The van der Waals surface area contributed by atoms with Crippen molar-refractivity contribution in [3.8, 4) is 28.2 Å². The zero-order valence-corrected chi connectivity index (χ0v) is 20.3. The summed E-state index contributed by atoms with van der Waals surface area (Å²) in [5.74, 6) is 0.735. The lowest BCUT2D eigenvalue weighted by molar-refractivity contribution is -0.516. The van der Waals surface area contributed by atoms with Crippen LogP contribution in [-0.4, -0.2) is 34.5 Å². The van der Waals surface area contributed by atoms with Crippen molar-refractivity contribution in [2.24, 2.45) is 0 Å². The van der Waals surface area contributed by atoms with Crippen LogP contribution in [0.4, 0.5) is 5.95 Å². The van der Waals surface area contributed by atoms with E-state index in [9.17, 15) is 4.79 Å². The molecule has 0 radical (unpaired) electrons. The largest absolute Gasteiger partial charge is 0.428 e. The summed E-state index contributed by atoms with van der Waals surface area (Å²) in [6, 6.07) is 19.3. The molecule has 0 aliphatic carbocycles. The number of nitrogens with zero attached hydrogens (tertiary/aromatic N) is 7. The fourth-order valence-electron chi connectivity index (χ4n) is 4.64. The monoisotopic (exact) mass is 490 g/mol. The molecular weight excluding hydrogens is 466 g/mol. The molecule has 0 aliphatic rings. The Kier molecular flexibility index (Phi) is 5.33. The van der Waals surface area contributed by atoms with Crippen molar-refractivity contribution in [2.75, 3.05) is 5.73 Å². The minimum Gasteiger partial charge on any atom is -0.319 e. The Morgan fingerprint density at radius 1 is 0.946 bits per heavy atom. The summed E-state index contributed by atoms with van der Waals surface area (Å²) in [5, 5.41) is 7.61. The van der Waals surface area contributed by atoms with E-state index in [4.69, 9.17) is 10.7 Å². The number of nitrogens with two attached hydrogens (primary N) is 1. The topological polar surface area (TPSA) is 124 Å². The summed E-state index contributed by atoms with van der Waals surface area (Å²) in [6.07, 6.45) is 5.20. The van der Waals surface area contributed by atoms with Gasteiger partial charge < -0.3 is 5.73 Å². The van der Waals surface area contributed by atoms with Crippen molar-refractivity contribution in [1.82, 2.24) is 34.5 Å². The van der Waals surface area contributed by atoms with Crippen LogP contribution in [0.1, 0.15) is 17.0 Å². The molecule has 0 atom stereocenters. The molecule has 37 heavy (non-hydrogen) atoms. The molecule has 10 heteroatoms. The van der Waals surface area contributed by atoms with Gasteiger partial charge in [-0.1, -0.05) is 36.4 Å². The van der Waals surface area contributed by atoms with Gasteiger partial charge in [0, 0.05) is 41.1 Å². The van der Waals surface area contributed by atoms with Gasteiger partial charge in [0.05, 0.1) is 5.56 Å². The molecule has 0 spiro atoms. The fourth-order valence-corrected chi connectivity index (χ4v) is 4.64. The van der Waals surface area contributed by atoms with Crippen LogP contribution in [0.25, 0.3) is 33.8 Å². The molecule has 1 aromatic carbocycles. The minimum absolute atomic E-state index is 0.0959. The number of nitrogens with one attached hydrogen (secondary N) is 1. The number of pyridine rings is 2. The Balaban J connectivity index is 1.61. The van der Waals surface area contributed by atoms with Gasteiger partial charge in [-0.05, 0) is 43.7 Å². The average Bonchev–Trinajstić information content (AvgIpc) is 3.53. The zero-order chi connectivity index (χ0) is 25.5. The van der Waals surface area contributed by atoms with Crippen LogP contribution in [0.5, 0.6) is 0 Å². The van der Waals surface area contributed by atoms with Crippen LogP contribution in [0.2, 0.25) is 0 Å². The molecule has 0 saturated heterocycles. The molecule has 5 aromatic heterocycles. The first-order valence-electron chi connectivity index (χ1n) is 11.8. The van der Waals surface area contributed by atoms with Crippen molar-refractivity contribution in [3.63, 3.8) is 0 Å². The van der Waals surface area contributed by atoms with Gasteiger partial charge >= 0.3 is 11.6 Å². The van der Waals surface area contributed by atoms with Crippen LogP contribution in [-0.2, 0) is 6.54 Å². The normalized spacial score (nSPS) is 11.3. The Labute approximate surface area is 211 Å². The van der Waals surface area contributed by atoms with Crippen molar-refractivity contribution in [1.29, 1.82) is 0 Å². The van der Waals surface area contributed by atoms with E-state index in [1.807, 2.05) is 80.7 Å². The van der Waals surface area contributed by atoms with E-state index < -0.39 is 0 Å². The Morgan fingerprint density at radius 3 is 2.46 bits per heavy atom. The van der Waals surface area contributed by atoms with Crippen LogP contribution < -0.4 is 15.8 Å². The predicted octanol–water partition coefficient (Wildman–Crippen LogP) is 2.87. The summed E-state index contributed by atoms with van der Waals surface area (Å²) in [6.45, 7) is 4.12. The highest BCUT2D eigenvalue weighted by Gasteiger charge is 2.26. The quantitative estimate of drug-likeness (QED) is 0.358. The number of aryl methyl sites for hydroxylation is 2. The lowest BCUT2D eigenvalue weighted by atomic mass is 9.99. The van der Waals surface area contributed by atoms with E-state index in [1.165, 1.54) is 9.08 Å². The maximum absolute atomic E-state index is 13.6. The maximum atomic E-state index is 13.6. The number of rotatable bonds is 5. The molecule has 10 nitrogen and oxygen atoms in total. The second kappa shape index (κ2) is 8.83. The zero-order valence-electron chi connectivity index (χ0n) is 20.3. The third-order valence-electron chi connectivity index (χ3n) is 6.15. The molecule has 0 fully saturated rings. The highest BCUT2D eigenvalue weighted by molar-refractivity contribution is 5.88. The van der Waals surface area contributed by atoms with E-state index in [1.54, 1.807) is 17.1 Å². The average molecular weight is 491 g/mol. The second-order valence-electron chi connectivity index (χ2n) is 8.80. The highest BCUT2D eigenvalue weighted by atomic mass is 16.2. The van der Waals surface area contributed by atoms with E-state index >= 15 is 0 Å². The lowest BCUT2D eigenvalue weighted by Gasteiger charge is -2.10. The first-order chi connectivity index (χ1) is 18.0. The van der Waals surface area contributed by atoms with Crippen molar-refractivity contribution in [2.45, 2.75) is 20.4 Å². The van der Waals surface area contributed by atoms with E-state index in [0.717, 1.165) is 33.6 Å².